The Hall–Kier alpha value is -5.39. The number of aliphatic carboxylic acids is 1. The normalized spacial score (nSPS) is 16.8. The van der Waals surface area contributed by atoms with E-state index in [1.54, 1.807) is 13.8 Å². The molecule has 1 aliphatic heterocycles. The Morgan fingerprint density at radius 3 is 1.43 bits per heavy atom. The van der Waals surface area contributed by atoms with Crippen LogP contribution >= 0.6 is 11.8 Å². The Morgan fingerprint density at radius 2 is 1.01 bits per heavy atom. The number of carboxylic acids is 1. The summed E-state index contributed by atoms with van der Waals surface area (Å²) in [7, 11) is 0. The molecule has 8 amide bonds. The number of carbonyl (C=O) groups excluding carboxylic acids is 8. The number of unbranched alkanes of at least 4 members (excludes halogenated alkanes) is 3. The molecule has 75 heavy (non-hydrogen) atoms. The first-order chi connectivity index (χ1) is 35.6. The second-order valence-electron chi connectivity index (χ2n) is 19.0. The van der Waals surface area contributed by atoms with E-state index < -0.39 is 114 Å². The summed E-state index contributed by atoms with van der Waals surface area (Å²) in [5.74, 6) is -7.59. The Morgan fingerprint density at radius 1 is 0.587 bits per heavy atom. The van der Waals surface area contributed by atoms with Crippen LogP contribution in [0.1, 0.15) is 117 Å². The highest BCUT2D eigenvalue weighted by Gasteiger charge is 2.36. The van der Waals surface area contributed by atoms with Gasteiger partial charge >= 0.3 is 5.97 Å². The predicted molar refractivity (Wildman–Crippen MR) is 284 cm³/mol. The quantitative estimate of drug-likeness (QED) is 0.0156. The first kappa shape index (κ1) is 67.6. The zero-order chi connectivity index (χ0) is 56.5. The van der Waals surface area contributed by atoms with Crippen molar-refractivity contribution in [3.63, 3.8) is 0 Å². The molecule has 0 spiro atoms. The van der Waals surface area contributed by atoms with Gasteiger partial charge in [-0.3, -0.25) is 43.3 Å². The van der Waals surface area contributed by atoms with Crippen LogP contribution in [0, 0.1) is 5.92 Å². The van der Waals surface area contributed by atoms with Gasteiger partial charge in [-0.1, -0.05) is 13.8 Å². The molecule has 0 aromatic rings. The fourth-order valence-electron chi connectivity index (χ4n) is 7.91. The van der Waals surface area contributed by atoms with Crippen LogP contribution in [0.5, 0.6) is 0 Å². The fraction of sp³-hybridized carbons (Fsp3) is 0.787. The van der Waals surface area contributed by atoms with Crippen LogP contribution in [0.2, 0.25) is 0 Å². The average molecular weight is 1090 g/mol. The number of hydrogen-bond acceptors (Lipinski definition) is 17. The largest absolute Gasteiger partial charge is 0.480 e. The predicted octanol–water partition coefficient (Wildman–Crippen LogP) is -4.69. The van der Waals surface area contributed by atoms with Crippen LogP contribution in [0.25, 0.3) is 0 Å². The number of nitrogens with zero attached hydrogens (tertiary/aromatic N) is 1. The van der Waals surface area contributed by atoms with Gasteiger partial charge in [-0.2, -0.15) is 11.8 Å². The summed E-state index contributed by atoms with van der Waals surface area (Å²) in [5.41, 5.74) is 28.0. The van der Waals surface area contributed by atoms with E-state index in [-0.39, 0.29) is 82.4 Å². The van der Waals surface area contributed by atoms with Crippen molar-refractivity contribution in [1.29, 1.82) is 0 Å². The van der Waals surface area contributed by atoms with Crippen LogP contribution in [-0.4, -0.2) is 186 Å². The summed E-state index contributed by atoms with van der Waals surface area (Å²) in [6, 6.07) is -11.4. The van der Waals surface area contributed by atoms with Gasteiger partial charge in [0.1, 0.15) is 48.3 Å². The minimum absolute atomic E-state index is 0.0161. The van der Waals surface area contributed by atoms with Gasteiger partial charge in [0.15, 0.2) is 5.96 Å². The molecule has 0 aliphatic carbocycles. The lowest BCUT2D eigenvalue weighted by molar-refractivity contribution is -0.142. The van der Waals surface area contributed by atoms with Gasteiger partial charge in [0.05, 0.1) is 18.8 Å². The van der Waals surface area contributed by atoms with E-state index in [0.29, 0.717) is 63.8 Å². The number of hydrogen-bond donors (Lipinski definition) is 17. The molecule has 1 rings (SSSR count). The first-order valence-corrected chi connectivity index (χ1v) is 27.4. The van der Waals surface area contributed by atoms with Crippen LogP contribution in [0.4, 0.5) is 0 Å². The van der Waals surface area contributed by atoms with E-state index in [2.05, 4.69) is 52.8 Å². The highest BCUT2D eigenvalue weighted by atomic mass is 32.2. The molecule has 0 aromatic heterocycles. The number of nitrogens with two attached hydrogens (primary N) is 5. The molecule has 1 saturated heterocycles. The lowest BCUT2D eigenvalue weighted by atomic mass is 10.0. The SMILES string of the molecule is CSCCC(NC(=O)C1CCCN1)C(=O)NC(CCCN=C(N)N)C(=O)NC(CCCCN)C(=O)NC(CCCCN)C(=O)NC(CO)C(=O)NC(C(=O)NC(CC(C)C)C(=O)NC(CCCCN)C(=O)O)C(C)O. The maximum absolute atomic E-state index is 14.2. The third-order valence-electron chi connectivity index (χ3n) is 12.1. The third-order valence-corrected chi connectivity index (χ3v) is 12.8. The maximum Gasteiger partial charge on any atom is 0.326 e. The van der Waals surface area contributed by atoms with Gasteiger partial charge in [0, 0.05) is 6.54 Å². The van der Waals surface area contributed by atoms with E-state index in [4.69, 9.17) is 28.7 Å². The van der Waals surface area contributed by atoms with E-state index in [1.165, 1.54) is 18.7 Å². The minimum atomic E-state index is -1.75. The topological polar surface area (TPSA) is 465 Å². The molecule has 1 heterocycles. The van der Waals surface area contributed by atoms with Crippen molar-refractivity contribution in [2.45, 2.75) is 178 Å². The van der Waals surface area contributed by atoms with Crippen LogP contribution in [-0.2, 0) is 43.2 Å². The molecule has 10 atom stereocenters. The number of guanidine groups is 1. The molecular formula is C47H89N15O12S. The van der Waals surface area contributed by atoms with Gasteiger partial charge in [-0.25, -0.2) is 4.79 Å². The highest BCUT2D eigenvalue weighted by Crippen LogP contribution is 2.12. The van der Waals surface area contributed by atoms with E-state index in [1.807, 2.05) is 6.26 Å². The number of aliphatic hydroxyl groups is 2. The number of amides is 8. The van der Waals surface area contributed by atoms with Crippen molar-refractivity contribution in [3.8, 4) is 0 Å². The van der Waals surface area contributed by atoms with E-state index in [0.717, 1.165) is 6.42 Å². The van der Waals surface area contributed by atoms with Crippen LogP contribution < -0.4 is 76.5 Å². The summed E-state index contributed by atoms with van der Waals surface area (Å²) >= 11 is 1.47. The molecule has 0 bridgehead atoms. The van der Waals surface area contributed by atoms with E-state index >= 15 is 0 Å². The maximum atomic E-state index is 14.2. The van der Waals surface area contributed by atoms with Gasteiger partial charge in [-0.05, 0) is 147 Å². The van der Waals surface area contributed by atoms with Gasteiger partial charge in [0.2, 0.25) is 47.3 Å². The number of nitrogens with one attached hydrogen (secondary N) is 9. The summed E-state index contributed by atoms with van der Waals surface area (Å²) < 4.78 is 0. The van der Waals surface area contributed by atoms with E-state index in [9.17, 15) is 58.5 Å². The third kappa shape index (κ3) is 27.3. The molecule has 430 valence electrons. The molecule has 22 N–H and O–H groups in total. The van der Waals surface area contributed by atoms with Crippen LogP contribution in [0.15, 0.2) is 4.99 Å². The summed E-state index contributed by atoms with van der Waals surface area (Å²) in [5, 5.41) is 54.3. The lowest BCUT2D eigenvalue weighted by Gasteiger charge is -2.28. The number of aliphatic hydroxyl groups excluding tert-OH is 2. The first-order valence-electron chi connectivity index (χ1n) is 26.0. The fourth-order valence-corrected chi connectivity index (χ4v) is 8.38. The zero-order valence-electron chi connectivity index (χ0n) is 44.2. The number of carboxylic acid groups (broad SMARTS) is 1. The Kier molecular flexibility index (Phi) is 34.4. The molecule has 27 nitrogen and oxygen atoms in total. The number of aliphatic imine (C=N–C) groups is 1. The monoisotopic (exact) mass is 1090 g/mol. The Balaban J connectivity index is 3.40. The highest BCUT2D eigenvalue weighted by molar-refractivity contribution is 7.98. The Labute approximate surface area is 444 Å². The Bertz CT molecular complexity index is 1820. The zero-order valence-corrected chi connectivity index (χ0v) is 45.0. The summed E-state index contributed by atoms with van der Waals surface area (Å²) in [4.78, 5) is 126. The molecule has 0 radical (unpaired) electrons. The van der Waals surface area contributed by atoms with Crippen LogP contribution in [0.3, 0.4) is 0 Å². The molecule has 1 aliphatic rings. The molecule has 0 aromatic carbocycles. The second kappa shape index (κ2) is 38.2. The van der Waals surface area contributed by atoms with Crippen molar-refractivity contribution < 1.29 is 58.5 Å². The van der Waals surface area contributed by atoms with Gasteiger partial charge in [-0.15, -0.1) is 0 Å². The van der Waals surface area contributed by atoms with Gasteiger partial charge < -0.3 is 91.8 Å². The standard InChI is InChI=1S/C47H89N15O12S/c1-27(2)25-35(43(70)59-34(46(73)74)15-7-10-21-50)60-45(72)37(28(3)64)62-44(71)36(26-63)61-41(68)31(14-6-9-20-49)56-39(66)30(13-5-8-19-48)55-40(67)32(17-12-23-54-47(51)52)57-42(69)33(18-24-75-4)58-38(65)29-16-11-22-53-29/h27-37,53,63-64H,5-26,48-50H2,1-4H3,(H,55,67)(H,56,66)(H,57,69)(H,58,65)(H,59,70)(H,60,72)(H,61,68)(H,62,71)(H,73,74)(H4,51,52,54). The molecule has 10 unspecified atom stereocenters. The van der Waals surface area contributed by atoms with Crippen molar-refractivity contribution in [3.05, 3.63) is 0 Å². The van der Waals surface area contributed by atoms with Crippen molar-refractivity contribution in [1.82, 2.24) is 47.9 Å². The number of rotatable bonds is 40. The minimum Gasteiger partial charge on any atom is -0.480 e. The van der Waals surface area contributed by atoms with Crippen molar-refractivity contribution in [2.75, 3.05) is 51.3 Å². The summed E-state index contributed by atoms with van der Waals surface area (Å²) in [6.07, 6.45) is 4.78. The molecule has 1 fully saturated rings. The van der Waals surface area contributed by atoms with Gasteiger partial charge in [0.25, 0.3) is 0 Å². The lowest BCUT2D eigenvalue weighted by Crippen LogP contribution is -2.62. The van der Waals surface area contributed by atoms with Crippen molar-refractivity contribution in [2.24, 2.45) is 39.6 Å². The van der Waals surface area contributed by atoms with Crippen molar-refractivity contribution >= 4 is 70.9 Å². The summed E-state index contributed by atoms with van der Waals surface area (Å²) in [6.45, 7) is 5.26. The number of thioether (sulfide) groups is 1. The molecule has 28 heteroatoms. The number of carbonyl (C=O) groups is 9. The molecule has 0 saturated carbocycles. The average Bonchev–Trinajstić information content (AvgIpc) is 3.91. The smallest absolute Gasteiger partial charge is 0.326 e. The molecular weight excluding hydrogens is 999 g/mol. The second-order valence-corrected chi connectivity index (χ2v) is 20.0.